The van der Waals surface area contributed by atoms with Crippen LogP contribution >= 0.6 is 0 Å². The van der Waals surface area contributed by atoms with Gasteiger partial charge in [0.2, 0.25) is 5.91 Å². The lowest BCUT2D eigenvalue weighted by Crippen LogP contribution is -2.38. The highest BCUT2D eigenvalue weighted by Gasteiger charge is 2.36. The zero-order chi connectivity index (χ0) is 21.3. The predicted octanol–water partition coefficient (Wildman–Crippen LogP) is 2.62. The summed E-state index contributed by atoms with van der Waals surface area (Å²) < 4.78 is 31.0. The first-order chi connectivity index (χ1) is 14.5. The van der Waals surface area contributed by atoms with Crippen LogP contribution in [0.4, 0.5) is 4.39 Å². The molecule has 1 aromatic carbocycles. The summed E-state index contributed by atoms with van der Waals surface area (Å²) in [6.45, 7) is 4.48. The normalized spacial score (nSPS) is 23.0. The van der Waals surface area contributed by atoms with Crippen molar-refractivity contribution in [3.8, 4) is 11.5 Å². The van der Waals surface area contributed by atoms with E-state index >= 15 is 0 Å². The Kier molecular flexibility index (Phi) is 5.76. The fourth-order valence-electron chi connectivity index (χ4n) is 4.47. The third-order valence-electron chi connectivity index (χ3n) is 6.07. The minimum Gasteiger partial charge on any atom is -0.497 e. The number of methoxy groups -OCH3 is 2. The maximum Gasteiger partial charge on any atom is 0.243 e. The van der Waals surface area contributed by atoms with Gasteiger partial charge in [-0.25, -0.2) is 4.39 Å². The van der Waals surface area contributed by atoms with E-state index in [1.807, 2.05) is 0 Å². The number of nitrogens with one attached hydrogen (secondary N) is 2. The van der Waals surface area contributed by atoms with Gasteiger partial charge in [0.05, 0.1) is 39.2 Å². The molecule has 7 nitrogen and oxygen atoms in total. The van der Waals surface area contributed by atoms with E-state index in [-0.39, 0.29) is 35.4 Å². The fourth-order valence-corrected chi connectivity index (χ4v) is 4.47. The number of carbonyl (C=O) groups excluding carboxylic acids is 1. The zero-order valence-corrected chi connectivity index (χ0v) is 17.2. The number of ether oxygens (including phenoxy) is 3. The maximum absolute atomic E-state index is 14.9. The molecule has 2 heterocycles. The van der Waals surface area contributed by atoms with E-state index in [1.54, 1.807) is 19.2 Å². The van der Waals surface area contributed by atoms with E-state index in [2.05, 4.69) is 22.1 Å². The lowest BCUT2D eigenvalue weighted by molar-refractivity contribution is -0.117. The van der Waals surface area contributed by atoms with Crippen molar-refractivity contribution in [3.05, 3.63) is 53.1 Å². The average Bonchev–Trinajstić information content (AvgIpc) is 3.39. The van der Waals surface area contributed by atoms with Gasteiger partial charge in [0.25, 0.3) is 0 Å². The molecular weight excluding hydrogens is 389 g/mol. The summed E-state index contributed by atoms with van der Waals surface area (Å²) in [5, 5.41) is 10.6. The Morgan fingerprint density at radius 2 is 2.20 bits per heavy atom. The molecule has 1 aliphatic carbocycles. The van der Waals surface area contributed by atoms with E-state index in [0.29, 0.717) is 30.9 Å². The Morgan fingerprint density at radius 1 is 1.37 bits per heavy atom. The van der Waals surface area contributed by atoms with Crippen LogP contribution in [-0.2, 0) is 22.4 Å². The highest BCUT2D eigenvalue weighted by Crippen LogP contribution is 2.40. The Balaban J connectivity index is 1.58. The number of halogens is 1. The van der Waals surface area contributed by atoms with Crippen LogP contribution in [0.1, 0.15) is 40.8 Å². The van der Waals surface area contributed by atoms with Gasteiger partial charge in [0, 0.05) is 17.7 Å². The molecule has 1 unspecified atom stereocenters. The van der Waals surface area contributed by atoms with Gasteiger partial charge in [0.15, 0.2) is 11.6 Å². The fraction of sp³-hybridized carbons (Fsp3) is 0.455. The second-order valence-electron chi connectivity index (χ2n) is 7.70. The molecule has 1 fully saturated rings. The molecule has 0 radical (unpaired) electrons. The minimum atomic E-state index is -0.348. The Morgan fingerprint density at radius 3 is 2.93 bits per heavy atom. The van der Waals surface area contributed by atoms with Gasteiger partial charge >= 0.3 is 0 Å². The van der Waals surface area contributed by atoms with Crippen LogP contribution in [0, 0.1) is 5.82 Å². The number of carbonyl (C=O) groups is 1. The Labute approximate surface area is 174 Å². The first-order valence-electron chi connectivity index (χ1n) is 10.0. The first-order valence-corrected chi connectivity index (χ1v) is 10.0. The smallest absolute Gasteiger partial charge is 0.243 e. The molecule has 1 amide bonds. The second-order valence-corrected chi connectivity index (χ2v) is 7.70. The van der Waals surface area contributed by atoms with Gasteiger partial charge < -0.3 is 19.5 Å². The van der Waals surface area contributed by atoms with Crippen molar-refractivity contribution >= 4 is 5.91 Å². The summed E-state index contributed by atoms with van der Waals surface area (Å²) in [6, 6.07) is 3.17. The molecule has 30 heavy (non-hydrogen) atoms. The summed E-state index contributed by atoms with van der Waals surface area (Å²) >= 11 is 0. The number of fused-ring (bicyclic) bond motifs is 1. The van der Waals surface area contributed by atoms with E-state index < -0.39 is 0 Å². The lowest BCUT2D eigenvalue weighted by atomic mass is 9.80. The zero-order valence-electron chi connectivity index (χ0n) is 17.2. The quantitative estimate of drug-likeness (QED) is 0.709. The van der Waals surface area contributed by atoms with E-state index in [9.17, 15) is 9.18 Å². The molecule has 2 aliphatic rings. The first kappa shape index (κ1) is 20.4. The number of hydrogen-bond acceptors (Lipinski definition) is 5. The number of benzene rings is 1. The highest BCUT2D eigenvalue weighted by molar-refractivity contribution is 5.87. The Bertz CT molecular complexity index is 958. The van der Waals surface area contributed by atoms with Gasteiger partial charge in [-0.15, -0.1) is 0 Å². The summed E-state index contributed by atoms with van der Waals surface area (Å²) in [4.78, 5) is 11.7. The van der Waals surface area contributed by atoms with Crippen molar-refractivity contribution in [2.45, 2.75) is 37.1 Å². The van der Waals surface area contributed by atoms with E-state index in [4.69, 9.17) is 14.2 Å². The molecular formula is C22H26FN3O4. The number of nitrogens with zero attached hydrogens (tertiary/aromatic N) is 1. The second kappa shape index (κ2) is 8.47. The lowest BCUT2D eigenvalue weighted by Gasteiger charge is -2.25. The van der Waals surface area contributed by atoms with Crippen molar-refractivity contribution in [2.24, 2.45) is 0 Å². The Hall–Kier alpha value is -2.87. The van der Waals surface area contributed by atoms with Gasteiger partial charge in [-0.3, -0.25) is 9.89 Å². The molecule has 2 aromatic rings. The molecule has 3 atom stereocenters. The number of rotatable bonds is 6. The van der Waals surface area contributed by atoms with Gasteiger partial charge in [0.1, 0.15) is 5.75 Å². The van der Waals surface area contributed by atoms with Crippen LogP contribution in [0.5, 0.6) is 11.5 Å². The van der Waals surface area contributed by atoms with Gasteiger partial charge in [-0.1, -0.05) is 6.58 Å². The largest absolute Gasteiger partial charge is 0.497 e. The number of H-pyrrole nitrogens is 1. The van der Waals surface area contributed by atoms with Crippen LogP contribution in [0.25, 0.3) is 0 Å². The summed E-state index contributed by atoms with van der Waals surface area (Å²) in [5.41, 5.74) is 3.67. The molecule has 1 aromatic heterocycles. The molecule has 1 aliphatic heterocycles. The van der Waals surface area contributed by atoms with Crippen LogP contribution in [0.3, 0.4) is 0 Å². The number of hydrogen-bond donors (Lipinski definition) is 2. The van der Waals surface area contributed by atoms with Crippen LogP contribution in [0.15, 0.2) is 24.8 Å². The highest BCUT2D eigenvalue weighted by atomic mass is 19.1. The van der Waals surface area contributed by atoms with Crippen LogP contribution in [-0.4, -0.2) is 49.6 Å². The number of amides is 1. The number of aromatic amines is 1. The van der Waals surface area contributed by atoms with Crippen molar-refractivity contribution < 1.29 is 23.4 Å². The summed E-state index contributed by atoms with van der Waals surface area (Å²) in [6.07, 6.45) is 3.43. The van der Waals surface area contributed by atoms with Crippen molar-refractivity contribution in [2.75, 3.05) is 27.4 Å². The summed E-state index contributed by atoms with van der Waals surface area (Å²) in [7, 11) is 3.01. The van der Waals surface area contributed by atoms with Gasteiger partial charge in [-0.05, 0) is 48.4 Å². The van der Waals surface area contributed by atoms with E-state index in [1.165, 1.54) is 13.2 Å². The predicted molar refractivity (Wildman–Crippen MR) is 109 cm³/mol. The molecule has 0 saturated carbocycles. The SMILES string of the molecule is C=CC(=O)N[C@@H]1COC[C@@H]1c1[nH]nc2c1CCC(c1cc(OC)cc(OC)c1F)C2. The third-order valence-corrected chi connectivity index (χ3v) is 6.07. The maximum atomic E-state index is 14.9. The molecule has 1 saturated heterocycles. The van der Waals surface area contributed by atoms with Crippen LogP contribution in [0.2, 0.25) is 0 Å². The topological polar surface area (TPSA) is 85.5 Å². The molecule has 8 heteroatoms. The number of aromatic nitrogens is 2. The van der Waals surface area contributed by atoms with Crippen molar-refractivity contribution in [1.29, 1.82) is 0 Å². The van der Waals surface area contributed by atoms with Crippen molar-refractivity contribution in [1.82, 2.24) is 15.5 Å². The third kappa shape index (κ3) is 3.67. The van der Waals surface area contributed by atoms with E-state index in [0.717, 1.165) is 29.8 Å². The van der Waals surface area contributed by atoms with Gasteiger partial charge in [-0.2, -0.15) is 5.10 Å². The molecule has 2 N–H and O–H groups in total. The molecule has 160 valence electrons. The monoisotopic (exact) mass is 415 g/mol. The standard InChI is InChI=1S/C22H26FN3O4/c1-4-20(27)24-18-11-30-10-16(18)22-14-6-5-12(7-17(14)25-26-22)15-8-13(28-2)9-19(29-3)21(15)23/h4,8-9,12,16,18H,1,5-7,10-11H2,2-3H3,(H,24,27)(H,25,26)/t12?,16-,18+/m0/s1. The minimum absolute atomic E-state index is 0.00958. The average molecular weight is 415 g/mol. The molecule has 0 bridgehead atoms. The molecule has 4 rings (SSSR count). The van der Waals surface area contributed by atoms with Crippen molar-refractivity contribution in [3.63, 3.8) is 0 Å². The van der Waals surface area contributed by atoms with Crippen LogP contribution < -0.4 is 14.8 Å². The summed E-state index contributed by atoms with van der Waals surface area (Å²) in [5.74, 6) is 0.178. The molecule has 0 spiro atoms.